The van der Waals surface area contributed by atoms with Crippen molar-refractivity contribution in [2.24, 2.45) is 5.92 Å². The number of amides is 2. The minimum Gasteiger partial charge on any atom is -0.482 e. The number of carbonyl (C=O) groups is 2. The fraction of sp³-hybridized carbons (Fsp3) is 0.310. The van der Waals surface area contributed by atoms with Crippen molar-refractivity contribution in [2.45, 2.75) is 39.8 Å². The highest BCUT2D eigenvalue weighted by molar-refractivity contribution is 6.32. The van der Waals surface area contributed by atoms with Crippen LogP contribution >= 0.6 is 11.6 Å². The van der Waals surface area contributed by atoms with Gasteiger partial charge in [0.25, 0.3) is 5.91 Å². The van der Waals surface area contributed by atoms with Crippen LogP contribution in [-0.4, -0.2) is 35.9 Å². The monoisotopic (exact) mass is 492 g/mol. The van der Waals surface area contributed by atoms with Crippen molar-refractivity contribution in [3.8, 4) is 5.75 Å². The predicted octanol–water partition coefficient (Wildman–Crippen LogP) is 5.44. The molecule has 0 bridgehead atoms. The smallest absolute Gasteiger partial charge is 0.261 e. The molecule has 3 aromatic rings. The summed E-state index contributed by atoms with van der Waals surface area (Å²) in [6.45, 7) is 6.69. The molecule has 35 heavy (non-hydrogen) atoms. The summed E-state index contributed by atoms with van der Waals surface area (Å²) >= 11 is 6.21. The van der Waals surface area contributed by atoms with E-state index in [0.29, 0.717) is 36.2 Å². The lowest BCUT2D eigenvalue weighted by Gasteiger charge is -2.32. The average molecular weight is 493 g/mol. The number of carbonyl (C=O) groups excluding carboxylic acids is 2. The van der Waals surface area contributed by atoms with E-state index < -0.39 is 6.04 Å². The quantitative estimate of drug-likeness (QED) is 0.387. The van der Waals surface area contributed by atoms with Crippen molar-refractivity contribution >= 4 is 23.4 Å². The highest BCUT2D eigenvalue weighted by Gasteiger charge is 2.30. The third-order valence-electron chi connectivity index (χ3n) is 5.58. The largest absolute Gasteiger partial charge is 0.482 e. The summed E-state index contributed by atoms with van der Waals surface area (Å²) in [5, 5.41) is 3.45. The predicted molar refractivity (Wildman–Crippen MR) is 140 cm³/mol. The minimum atomic E-state index is -0.695. The van der Waals surface area contributed by atoms with Crippen LogP contribution in [0.2, 0.25) is 5.02 Å². The van der Waals surface area contributed by atoms with Crippen molar-refractivity contribution in [2.75, 3.05) is 13.2 Å². The Balaban J connectivity index is 1.91. The summed E-state index contributed by atoms with van der Waals surface area (Å²) in [6.07, 6.45) is 0.397. The first kappa shape index (κ1) is 26.3. The van der Waals surface area contributed by atoms with Gasteiger partial charge in [0.15, 0.2) is 6.61 Å². The Kier molecular flexibility index (Phi) is 9.74. The molecule has 1 atom stereocenters. The van der Waals surface area contributed by atoms with Gasteiger partial charge in [0, 0.05) is 19.5 Å². The SMILES string of the molecule is Cc1cccc(CN(C(=O)COc2ccccc2Cl)[C@H](Cc2ccccc2)C(=O)NCC(C)C)c1. The molecule has 6 heteroatoms. The Morgan fingerprint density at radius 3 is 2.31 bits per heavy atom. The van der Waals surface area contributed by atoms with Gasteiger partial charge in [-0.05, 0) is 36.1 Å². The minimum absolute atomic E-state index is 0.179. The van der Waals surface area contributed by atoms with E-state index in [9.17, 15) is 9.59 Å². The van der Waals surface area contributed by atoms with E-state index in [1.807, 2.05) is 75.4 Å². The molecule has 0 unspecified atom stereocenters. The van der Waals surface area contributed by atoms with Gasteiger partial charge in [-0.3, -0.25) is 9.59 Å². The van der Waals surface area contributed by atoms with Crippen LogP contribution in [0.1, 0.15) is 30.5 Å². The van der Waals surface area contributed by atoms with E-state index in [4.69, 9.17) is 16.3 Å². The van der Waals surface area contributed by atoms with Crippen molar-refractivity contribution < 1.29 is 14.3 Å². The molecule has 0 aromatic heterocycles. The van der Waals surface area contributed by atoms with Gasteiger partial charge in [-0.2, -0.15) is 0 Å². The van der Waals surface area contributed by atoms with E-state index in [2.05, 4.69) is 5.32 Å². The van der Waals surface area contributed by atoms with Crippen LogP contribution in [0.5, 0.6) is 5.75 Å². The molecule has 0 aliphatic heterocycles. The maximum atomic E-state index is 13.6. The topological polar surface area (TPSA) is 58.6 Å². The molecule has 0 aliphatic carbocycles. The second-order valence-corrected chi connectivity index (χ2v) is 9.48. The summed E-state index contributed by atoms with van der Waals surface area (Å²) < 4.78 is 5.76. The molecular weight excluding hydrogens is 460 g/mol. The number of benzene rings is 3. The Hall–Kier alpha value is -3.31. The number of para-hydroxylation sites is 1. The third kappa shape index (κ3) is 8.15. The van der Waals surface area contributed by atoms with E-state index in [1.165, 1.54) is 0 Å². The number of aryl methyl sites for hydroxylation is 1. The number of hydrogen-bond donors (Lipinski definition) is 1. The molecular formula is C29H33ClN2O3. The zero-order valence-corrected chi connectivity index (χ0v) is 21.3. The second kappa shape index (κ2) is 13.0. The van der Waals surface area contributed by atoms with Gasteiger partial charge in [-0.25, -0.2) is 0 Å². The average Bonchev–Trinajstić information content (AvgIpc) is 2.84. The summed E-state index contributed by atoms with van der Waals surface area (Å²) in [4.78, 5) is 28.6. The summed E-state index contributed by atoms with van der Waals surface area (Å²) in [5.74, 6) is 0.260. The zero-order valence-electron chi connectivity index (χ0n) is 20.5. The number of rotatable bonds is 11. The van der Waals surface area contributed by atoms with Crippen molar-refractivity contribution in [3.05, 3.63) is 101 Å². The highest BCUT2D eigenvalue weighted by Crippen LogP contribution is 2.23. The van der Waals surface area contributed by atoms with E-state index >= 15 is 0 Å². The summed E-state index contributed by atoms with van der Waals surface area (Å²) in [5.41, 5.74) is 3.02. The van der Waals surface area contributed by atoms with Crippen molar-refractivity contribution in [1.29, 1.82) is 0 Å². The fourth-order valence-electron chi connectivity index (χ4n) is 3.77. The van der Waals surface area contributed by atoms with Crippen LogP contribution in [0.3, 0.4) is 0 Å². The standard InChI is InChI=1S/C29H33ClN2O3/c1-21(2)18-31-29(34)26(17-23-11-5-4-6-12-23)32(19-24-13-9-10-22(3)16-24)28(33)20-35-27-15-8-7-14-25(27)30/h4-16,21,26H,17-20H2,1-3H3,(H,31,34)/t26-/m1/s1. The molecule has 0 fully saturated rings. The maximum absolute atomic E-state index is 13.6. The van der Waals surface area contributed by atoms with E-state index in [-0.39, 0.29) is 18.4 Å². The Morgan fingerprint density at radius 2 is 1.63 bits per heavy atom. The lowest BCUT2D eigenvalue weighted by Crippen LogP contribution is -2.52. The van der Waals surface area contributed by atoms with Crippen molar-refractivity contribution in [3.63, 3.8) is 0 Å². The van der Waals surface area contributed by atoms with Crippen LogP contribution in [0.4, 0.5) is 0 Å². The molecule has 1 N–H and O–H groups in total. The summed E-state index contributed by atoms with van der Waals surface area (Å²) in [7, 11) is 0. The molecule has 0 spiro atoms. The number of hydrogen-bond acceptors (Lipinski definition) is 3. The number of nitrogens with zero attached hydrogens (tertiary/aromatic N) is 1. The van der Waals surface area contributed by atoms with Crippen LogP contribution in [0, 0.1) is 12.8 Å². The molecule has 184 valence electrons. The Labute approximate surface area is 213 Å². The highest BCUT2D eigenvalue weighted by atomic mass is 35.5. The van der Waals surface area contributed by atoms with E-state index in [0.717, 1.165) is 16.7 Å². The number of halogens is 1. The molecule has 0 aliphatic rings. The fourth-order valence-corrected chi connectivity index (χ4v) is 3.96. The molecule has 3 aromatic carbocycles. The third-order valence-corrected chi connectivity index (χ3v) is 5.89. The van der Waals surface area contributed by atoms with Crippen LogP contribution in [-0.2, 0) is 22.6 Å². The summed E-state index contributed by atoms with van der Waals surface area (Å²) in [6, 6.07) is 24.0. The lowest BCUT2D eigenvalue weighted by molar-refractivity contribution is -0.142. The first-order valence-electron chi connectivity index (χ1n) is 11.9. The molecule has 0 saturated carbocycles. The molecule has 2 amide bonds. The first-order valence-corrected chi connectivity index (χ1v) is 12.2. The molecule has 3 rings (SSSR count). The number of ether oxygens (including phenoxy) is 1. The van der Waals surface area contributed by atoms with Gasteiger partial charge >= 0.3 is 0 Å². The molecule has 5 nitrogen and oxygen atoms in total. The Bertz CT molecular complexity index is 1120. The second-order valence-electron chi connectivity index (χ2n) is 9.07. The molecule has 0 heterocycles. The van der Waals surface area contributed by atoms with Crippen LogP contribution in [0.25, 0.3) is 0 Å². The van der Waals surface area contributed by atoms with Gasteiger partial charge in [0.1, 0.15) is 11.8 Å². The van der Waals surface area contributed by atoms with Crippen LogP contribution in [0.15, 0.2) is 78.9 Å². The molecule has 0 saturated heterocycles. The van der Waals surface area contributed by atoms with E-state index in [1.54, 1.807) is 29.2 Å². The van der Waals surface area contributed by atoms with Gasteiger partial charge in [0.2, 0.25) is 5.91 Å². The maximum Gasteiger partial charge on any atom is 0.261 e. The van der Waals surface area contributed by atoms with Gasteiger partial charge in [-0.15, -0.1) is 0 Å². The van der Waals surface area contributed by atoms with Gasteiger partial charge in [0.05, 0.1) is 5.02 Å². The first-order chi connectivity index (χ1) is 16.8. The van der Waals surface area contributed by atoms with Gasteiger partial charge < -0.3 is 15.0 Å². The van der Waals surface area contributed by atoms with Crippen molar-refractivity contribution in [1.82, 2.24) is 10.2 Å². The lowest BCUT2D eigenvalue weighted by atomic mass is 10.0. The zero-order chi connectivity index (χ0) is 25.2. The number of nitrogens with one attached hydrogen (secondary N) is 1. The Morgan fingerprint density at radius 1 is 0.943 bits per heavy atom. The normalized spacial score (nSPS) is 11.7. The van der Waals surface area contributed by atoms with Gasteiger partial charge in [-0.1, -0.05) is 97.7 Å². The molecule has 0 radical (unpaired) electrons. The van der Waals surface area contributed by atoms with Crippen LogP contribution < -0.4 is 10.1 Å².